The molecule has 0 atom stereocenters. The fraction of sp³-hybridized carbons (Fsp3) is 0.0714. The summed E-state index contributed by atoms with van der Waals surface area (Å²) in [5.41, 5.74) is 0.416. The Morgan fingerprint density at radius 2 is 2.20 bits per heavy atom. The van der Waals surface area contributed by atoms with Crippen LogP contribution in [0.5, 0.6) is 0 Å². The van der Waals surface area contributed by atoms with E-state index >= 15 is 0 Å². The van der Waals surface area contributed by atoms with Crippen molar-refractivity contribution < 1.29 is 4.79 Å². The molecule has 6 heteroatoms. The zero-order valence-corrected chi connectivity index (χ0v) is 12.6. The summed E-state index contributed by atoms with van der Waals surface area (Å²) < 4.78 is 2.16. The van der Waals surface area contributed by atoms with E-state index in [1.54, 1.807) is 18.2 Å². The number of hydrogen-bond donors (Lipinski definition) is 0. The van der Waals surface area contributed by atoms with Crippen molar-refractivity contribution in [2.24, 2.45) is 0 Å². The second-order valence-corrected chi connectivity index (χ2v) is 6.10. The van der Waals surface area contributed by atoms with E-state index in [-0.39, 0.29) is 17.9 Å². The standard InChI is InChI=1S/C14H9BrN2O2S/c15-9-3-4-11-10(6-9)14(19)17(8-16-11)7-12(18)13-2-1-5-20-13/h1-6,8H,7H2. The van der Waals surface area contributed by atoms with Gasteiger partial charge in [-0.25, -0.2) is 4.98 Å². The van der Waals surface area contributed by atoms with E-state index in [0.29, 0.717) is 15.8 Å². The lowest BCUT2D eigenvalue weighted by Crippen LogP contribution is -2.24. The maximum atomic E-state index is 12.3. The summed E-state index contributed by atoms with van der Waals surface area (Å²) >= 11 is 4.70. The molecule has 2 aromatic heterocycles. The van der Waals surface area contributed by atoms with Crippen molar-refractivity contribution in [2.75, 3.05) is 0 Å². The normalized spacial score (nSPS) is 10.8. The molecule has 3 aromatic rings. The van der Waals surface area contributed by atoms with E-state index < -0.39 is 0 Å². The first-order chi connectivity index (χ1) is 9.65. The molecular weight excluding hydrogens is 340 g/mol. The average Bonchev–Trinajstić information content (AvgIpc) is 2.96. The van der Waals surface area contributed by atoms with Gasteiger partial charge >= 0.3 is 0 Å². The molecule has 0 spiro atoms. The van der Waals surface area contributed by atoms with Gasteiger partial charge < -0.3 is 0 Å². The third-order valence-corrected chi connectivity index (χ3v) is 4.30. The van der Waals surface area contributed by atoms with Crippen LogP contribution >= 0.6 is 27.3 Å². The fourth-order valence-electron chi connectivity index (χ4n) is 1.91. The van der Waals surface area contributed by atoms with E-state index in [1.165, 1.54) is 22.2 Å². The third kappa shape index (κ3) is 2.44. The van der Waals surface area contributed by atoms with Crippen LogP contribution < -0.4 is 5.56 Å². The monoisotopic (exact) mass is 348 g/mol. The minimum Gasteiger partial charge on any atom is -0.291 e. The van der Waals surface area contributed by atoms with Crippen molar-refractivity contribution >= 4 is 44.0 Å². The molecule has 0 N–H and O–H groups in total. The number of aromatic nitrogens is 2. The lowest BCUT2D eigenvalue weighted by Gasteiger charge is -2.05. The average molecular weight is 349 g/mol. The number of Topliss-reactive ketones (excluding diaryl/α,β-unsaturated/α-hetero) is 1. The summed E-state index contributed by atoms with van der Waals surface area (Å²) in [5.74, 6) is -0.0850. The summed E-state index contributed by atoms with van der Waals surface area (Å²) in [4.78, 5) is 29.2. The third-order valence-electron chi connectivity index (χ3n) is 2.90. The van der Waals surface area contributed by atoms with E-state index in [1.807, 2.05) is 17.5 Å². The lowest BCUT2D eigenvalue weighted by atomic mass is 10.2. The number of fused-ring (bicyclic) bond motifs is 1. The van der Waals surface area contributed by atoms with Crippen molar-refractivity contribution in [3.63, 3.8) is 0 Å². The molecule has 20 heavy (non-hydrogen) atoms. The molecule has 1 aromatic carbocycles. The van der Waals surface area contributed by atoms with Gasteiger partial charge in [-0.3, -0.25) is 14.2 Å². The number of carbonyl (C=O) groups excluding carboxylic acids is 1. The van der Waals surface area contributed by atoms with E-state index in [9.17, 15) is 9.59 Å². The molecule has 2 heterocycles. The predicted octanol–water partition coefficient (Wildman–Crippen LogP) is 3.10. The molecule has 0 aliphatic carbocycles. The first-order valence-electron chi connectivity index (χ1n) is 5.86. The number of ketones is 1. The van der Waals surface area contributed by atoms with E-state index in [2.05, 4.69) is 20.9 Å². The molecule has 0 amide bonds. The minimum absolute atomic E-state index is 0.00873. The number of hydrogen-bond acceptors (Lipinski definition) is 4. The van der Waals surface area contributed by atoms with Crippen molar-refractivity contribution in [1.29, 1.82) is 0 Å². The topological polar surface area (TPSA) is 52.0 Å². The number of benzene rings is 1. The summed E-state index contributed by atoms with van der Waals surface area (Å²) in [5, 5.41) is 2.34. The largest absolute Gasteiger partial charge is 0.291 e. The first kappa shape index (κ1) is 13.2. The number of halogens is 1. The summed E-state index contributed by atoms with van der Waals surface area (Å²) in [6, 6.07) is 8.89. The molecule has 3 rings (SSSR count). The smallest absolute Gasteiger partial charge is 0.261 e. The van der Waals surface area contributed by atoms with E-state index in [0.717, 1.165) is 4.47 Å². The predicted molar refractivity (Wildman–Crippen MR) is 82.4 cm³/mol. The van der Waals surface area contributed by atoms with Crippen molar-refractivity contribution in [3.8, 4) is 0 Å². The highest BCUT2D eigenvalue weighted by atomic mass is 79.9. The lowest BCUT2D eigenvalue weighted by molar-refractivity contribution is 0.0974. The van der Waals surface area contributed by atoms with Gasteiger partial charge in [0.05, 0.1) is 28.7 Å². The molecule has 4 nitrogen and oxygen atoms in total. The number of thiophene rings is 1. The maximum Gasteiger partial charge on any atom is 0.261 e. The van der Waals surface area contributed by atoms with Crippen LogP contribution in [0.4, 0.5) is 0 Å². The molecule has 100 valence electrons. The Hall–Kier alpha value is -1.79. The van der Waals surface area contributed by atoms with Gasteiger partial charge in [0.25, 0.3) is 5.56 Å². The van der Waals surface area contributed by atoms with E-state index in [4.69, 9.17) is 0 Å². The SMILES string of the molecule is O=C(Cn1cnc2ccc(Br)cc2c1=O)c1cccs1. The maximum absolute atomic E-state index is 12.3. The fourth-order valence-corrected chi connectivity index (χ4v) is 2.93. The Morgan fingerprint density at radius 1 is 1.35 bits per heavy atom. The quantitative estimate of drug-likeness (QED) is 0.683. The second kappa shape index (κ2) is 5.30. The summed E-state index contributed by atoms with van der Waals surface area (Å²) in [6.07, 6.45) is 1.42. The van der Waals surface area contributed by atoms with Crippen LogP contribution in [-0.2, 0) is 6.54 Å². The molecule has 0 saturated carbocycles. The van der Waals surface area contributed by atoms with Crippen molar-refractivity contribution in [3.05, 3.63) is 61.7 Å². The Morgan fingerprint density at radius 3 is 2.95 bits per heavy atom. The van der Waals surface area contributed by atoms with Gasteiger partial charge in [-0.2, -0.15) is 0 Å². The van der Waals surface area contributed by atoms with Gasteiger partial charge in [0, 0.05) is 4.47 Å². The van der Waals surface area contributed by atoms with Crippen molar-refractivity contribution in [1.82, 2.24) is 9.55 Å². The van der Waals surface area contributed by atoms with Crippen molar-refractivity contribution in [2.45, 2.75) is 6.54 Å². The van der Waals surface area contributed by atoms with Crippen LogP contribution in [-0.4, -0.2) is 15.3 Å². The first-order valence-corrected chi connectivity index (χ1v) is 7.54. The van der Waals surface area contributed by atoms with Crippen LogP contribution in [0, 0.1) is 0 Å². The molecule has 0 radical (unpaired) electrons. The highest BCUT2D eigenvalue weighted by Gasteiger charge is 2.11. The Labute approximate surface area is 126 Å². The minimum atomic E-state index is -0.207. The van der Waals surface area contributed by atoms with Gasteiger partial charge in [-0.05, 0) is 29.6 Å². The van der Waals surface area contributed by atoms with Crippen LogP contribution in [0.1, 0.15) is 9.67 Å². The summed E-state index contributed by atoms with van der Waals surface area (Å²) in [7, 11) is 0. The van der Waals surface area contributed by atoms with Crippen LogP contribution in [0.25, 0.3) is 10.9 Å². The molecule has 0 aliphatic heterocycles. The molecule has 0 saturated heterocycles. The zero-order chi connectivity index (χ0) is 14.1. The molecule has 0 unspecified atom stereocenters. The highest BCUT2D eigenvalue weighted by molar-refractivity contribution is 9.10. The zero-order valence-electron chi connectivity index (χ0n) is 10.2. The van der Waals surface area contributed by atoms with Crippen LogP contribution in [0.3, 0.4) is 0 Å². The van der Waals surface area contributed by atoms with Crippen LogP contribution in [0.15, 0.2) is 51.3 Å². The Kier molecular flexibility index (Phi) is 3.50. The van der Waals surface area contributed by atoms with Gasteiger partial charge in [-0.1, -0.05) is 22.0 Å². The number of rotatable bonds is 3. The molecule has 0 bridgehead atoms. The second-order valence-electron chi connectivity index (χ2n) is 4.24. The van der Waals surface area contributed by atoms with Gasteiger partial charge in [0.15, 0.2) is 5.78 Å². The Bertz CT molecular complexity index is 840. The molecule has 0 fully saturated rings. The molecular formula is C14H9BrN2O2S. The van der Waals surface area contributed by atoms with Crippen LogP contribution in [0.2, 0.25) is 0 Å². The number of carbonyl (C=O) groups is 1. The highest BCUT2D eigenvalue weighted by Crippen LogP contribution is 2.15. The van der Waals surface area contributed by atoms with Gasteiger partial charge in [-0.15, -0.1) is 11.3 Å². The molecule has 0 aliphatic rings. The number of nitrogens with zero attached hydrogens (tertiary/aromatic N) is 2. The Balaban J connectivity index is 2.02. The van der Waals surface area contributed by atoms with Gasteiger partial charge in [0.1, 0.15) is 0 Å². The summed E-state index contributed by atoms with van der Waals surface area (Å²) in [6.45, 7) is 0.00873. The van der Waals surface area contributed by atoms with Gasteiger partial charge in [0.2, 0.25) is 0 Å².